The van der Waals surface area contributed by atoms with Crippen LogP contribution in [0.3, 0.4) is 0 Å². The molecule has 2 fully saturated rings. The third-order valence-electron chi connectivity index (χ3n) is 8.06. The Morgan fingerprint density at radius 2 is 2.13 bits per heavy atom. The number of aliphatic carboxylic acids is 1. The number of hydrogen-bond acceptors (Lipinski definition) is 6. The van der Waals surface area contributed by atoms with Gasteiger partial charge in [0.25, 0.3) is 0 Å². The number of aryl methyl sites for hydroxylation is 2. The second-order valence-electron chi connectivity index (χ2n) is 10.9. The minimum absolute atomic E-state index is 0.245. The molecule has 0 radical (unpaired) electrons. The van der Waals surface area contributed by atoms with Gasteiger partial charge in [0.15, 0.2) is 0 Å². The highest BCUT2D eigenvalue weighted by molar-refractivity contribution is 5.76. The van der Waals surface area contributed by atoms with Crippen molar-refractivity contribution < 1.29 is 23.8 Å². The molecule has 0 saturated carbocycles. The third kappa shape index (κ3) is 6.71. The molecular weight excluding hydrogens is 485 g/mol. The van der Waals surface area contributed by atoms with Crippen LogP contribution in [0.5, 0.6) is 0 Å². The first-order chi connectivity index (χ1) is 18.6. The Balaban J connectivity index is 1.09. The smallest absolute Gasteiger partial charge is 0.325 e. The molecule has 7 nitrogen and oxygen atoms in total. The Bertz CT molecular complexity index is 1090. The number of halogens is 1. The third-order valence-corrected chi connectivity index (χ3v) is 8.06. The molecule has 1 unspecified atom stereocenters. The van der Waals surface area contributed by atoms with E-state index in [-0.39, 0.29) is 11.9 Å². The monoisotopic (exact) mass is 525 g/mol. The van der Waals surface area contributed by atoms with Crippen LogP contribution in [0, 0.1) is 11.7 Å². The van der Waals surface area contributed by atoms with Gasteiger partial charge >= 0.3 is 5.97 Å². The summed E-state index contributed by atoms with van der Waals surface area (Å²) in [6.07, 6.45) is 8.65. The zero-order valence-corrected chi connectivity index (χ0v) is 22.2. The number of likely N-dealkylation sites (tertiary alicyclic amines) is 1. The first kappa shape index (κ1) is 27.0. The van der Waals surface area contributed by atoms with Crippen LogP contribution in [0.2, 0.25) is 0 Å². The predicted octanol–water partition coefficient (Wildman–Crippen LogP) is 5.31. The molecule has 1 aromatic carbocycles. The second kappa shape index (κ2) is 13.0. The summed E-state index contributed by atoms with van der Waals surface area (Å²) in [5.41, 5.74) is 3.78. The lowest BCUT2D eigenvalue weighted by atomic mass is 9.92. The number of pyridine rings is 1. The van der Waals surface area contributed by atoms with Crippen molar-refractivity contribution in [1.29, 1.82) is 0 Å². The zero-order chi connectivity index (χ0) is 26.3. The fourth-order valence-electron chi connectivity index (χ4n) is 6.05. The van der Waals surface area contributed by atoms with E-state index in [1.165, 1.54) is 24.1 Å². The van der Waals surface area contributed by atoms with E-state index in [1.54, 1.807) is 6.07 Å². The van der Waals surface area contributed by atoms with Gasteiger partial charge in [0.1, 0.15) is 17.7 Å². The van der Waals surface area contributed by atoms with Crippen molar-refractivity contribution in [2.24, 2.45) is 5.92 Å². The van der Waals surface area contributed by atoms with Gasteiger partial charge in [-0.3, -0.25) is 9.69 Å². The number of rotatable bonds is 11. The quantitative estimate of drug-likeness (QED) is 0.385. The number of nitrogens with zero attached hydrogens (tertiary/aromatic N) is 2. The van der Waals surface area contributed by atoms with Crippen LogP contribution in [0.4, 0.5) is 10.2 Å². The van der Waals surface area contributed by atoms with Crippen molar-refractivity contribution in [2.45, 2.75) is 69.9 Å². The van der Waals surface area contributed by atoms with E-state index in [1.807, 2.05) is 4.90 Å². The first-order valence-electron chi connectivity index (χ1n) is 14.3. The Labute approximate surface area is 224 Å². The molecule has 3 aliphatic heterocycles. The number of nitrogens with one attached hydrogen (secondary N) is 1. The van der Waals surface area contributed by atoms with Crippen LogP contribution in [-0.2, 0) is 27.1 Å². The molecule has 2 aromatic rings. The van der Waals surface area contributed by atoms with Gasteiger partial charge in [-0.1, -0.05) is 12.1 Å². The van der Waals surface area contributed by atoms with Gasteiger partial charge in [0, 0.05) is 32.0 Å². The van der Waals surface area contributed by atoms with Gasteiger partial charge in [-0.25, -0.2) is 9.37 Å². The summed E-state index contributed by atoms with van der Waals surface area (Å²) in [4.78, 5) is 19.2. The number of aromatic nitrogens is 1. The predicted molar refractivity (Wildman–Crippen MR) is 144 cm³/mol. The largest absolute Gasteiger partial charge is 0.480 e. The highest BCUT2D eigenvalue weighted by Gasteiger charge is 2.36. The highest BCUT2D eigenvalue weighted by Crippen LogP contribution is 2.37. The van der Waals surface area contributed by atoms with Gasteiger partial charge in [0.05, 0.1) is 12.7 Å². The van der Waals surface area contributed by atoms with Crippen LogP contribution in [0.15, 0.2) is 30.3 Å². The number of anilines is 1. The molecule has 4 heterocycles. The van der Waals surface area contributed by atoms with E-state index >= 15 is 0 Å². The molecule has 3 aliphatic rings. The Morgan fingerprint density at radius 3 is 2.97 bits per heavy atom. The van der Waals surface area contributed by atoms with E-state index in [4.69, 9.17) is 14.5 Å². The van der Waals surface area contributed by atoms with E-state index in [2.05, 4.69) is 17.4 Å². The molecule has 2 saturated heterocycles. The van der Waals surface area contributed by atoms with Crippen molar-refractivity contribution in [3.8, 4) is 0 Å². The van der Waals surface area contributed by atoms with E-state index < -0.39 is 12.0 Å². The van der Waals surface area contributed by atoms with Crippen LogP contribution in [0.25, 0.3) is 0 Å². The average molecular weight is 526 g/mol. The molecule has 3 atom stereocenters. The number of ether oxygens (including phenoxy) is 2. The molecule has 38 heavy (non-hydrogen) atoms. The normalized spacial score (nSPS) is 22.6. The SMILES string of the molecule is O=C(O)[C@@H](c1ccc(F)cc1C1CCCCO1)N1CC[C@@H](COCCCCc2ccc3c(n2)NCCC3)C1. The zero-order valence-electron chi connectivity index (χ0n) is 22.2. The number of unbranched alkanes of at least 4 members (excludes halogenated alkanes) is 1. The van der Waals surface area contributed by atoms with Crippen LogP contribution in [0.1, 0.15) is 79.5 Å². The summed E-state index contributed by atoms with van der Waals surface area (Å²) >= 11 is 0. The summed E-state index contributed by atoms with van der Waals surface area (Å²) in [6.45, 7) is 4.30. The minimum Gasteiger partial charge on any atom is -0.480 e. The lowest BCUT2D eigenvalue weighted by molar-refractivity contribution is -0.143. The maximum absolute atomic E-state index is 14.2. The number of carbonyl (C=O) groups is 1. The summed E-state index contributed by atoms with van der Waals surface area (Å²) in [7, 11) is 0. The van der Waals surface area contributed by atoms with Gasteiger partial charge in [-0.05, 0) is 105 Å². The van der Waals surface area contributed by atoms with Gasteiger partial charge in [-0.15, -0.1) is 0 Å². The number of fused-ring (bicyclic) bond motifs is 1. The summed E-state index contributed by atoms with van der Waals surface area (Å²) in [6, 6.07) is 8.01. The Morgan fingerprint density at radius 1 is 1.21 bits per heavy atom. The molecular formula is C30H40FN3O4. The molecule has 0 amide bonds. The Kier molecular flexibility index (Phi) is 9.25. The van der Waals surface area contributed by atoms with Gasteiger partial charge < -0.3 is 19.9 Å². The maximum atomic E-state index is 14.2. The lowest BCUT2D eigenvalue weighted by Gasteiger charge is -2.30. The van der Waals surface area contributed by atoms with Crippen molar-refractivity contribution in [3.05, 3.63) is 58.5 Å². The molecule has 1 aromatic heterocycles. The highest BCUT2D eigenvalue weighted by atomic mass is 19.1. The number of carboxylic acids is 1. The molecule has 2 N–H and O–H groups in total. The Hall–Kier alpha value is -2.55. The van der Waals surface area contributed by atoms with E-state index in [0.717, 1.165) is 69.4 Å². The maximum Gasteiger partial charge on any atom is 0.325 e. The fourth-order valence-corrected chi connectivity index (χ4v) is 6.05. The van der Waals surface area contributed by atoms with Crippen molar-refractivity contribution in [2.75, 3.05) is 44.8 Å². The lowest BCUT2D eigenvalue weighted by Crippen LogP contribution is -2.34. The minimum atomic E-state index is -0.902. The van der Waals surface area contributed by atoms with E-state index in [0.29, 0.717) is 50.0 Å². The number of carboxylic acid groups (broad SMARTS) is 1. The van der Waals surface area contributed by atoms with Crippen molar-refractivity contribution >= 4 is 11.8 Å². The van der Waals surface area contributed by atoms with E-state index in [9.17, 15) is 14.3 Å². The second-order valence-corrected chi connectivity index (χ2v) is 10.9. The summed E-state index contributed by atoms with van der Waals surface area (Å²) in [5.74, 6) is 0.0876. The van der Waals surface area contributed by atoms with Crippen LogP contribution in [-0.4, -0.2) is 60.4 Å². The number of benzene rings is 1. The molecule has 8 heteroatoms. The van der Waals surface area contributed by atoms with Gasteiger partial charge in [0.2, 0.25) is 0 Å². The van der Waals surface area contributed by atoms with Crippen LogP contribution < -0.4 is 5.32 Å². The molecule has 5 rings (SSSR count). The molecule has 206 valence electrons. The first-order valence-corrected chi connectivity index (χ1v) is 14.3. The molecule has 0 aliphatic carbocycles. The summed E-state index contributed by atoms with van der Waals surface area (Å²) < 4.78 is 26.1. The molecule has 0 bridgehead atoms. The van der Waals surface area contributed by atoms with Crippen molar-refractivity contribution in [1.82, 2.24) is 9.88 Å². The fraction of sp³-hybridized carbons (Fsp3) is 0.600. The average Bonchev–Trinajstić information content (AvgIpc) is 3.40. The number of hydrogen-bond donors (Lipinski definition) is 2. The standard InChI is InChI=1S/C30H40FN3O4/c31-23-10-12-25(26(18-23)27-8-2-4-17-38-27)28(30(35)36)34-15-13-21(19-34)20-37-16-3-1-7-24-11-9-22-6-5-14-32-29(22)33-24/h9-12,18,21,27-28H,1-8,13-17,19-20H2,(H,32,33)(H,35,36)/t21-,27?,28-/m1/s1. The molecule has 0 spiro atoms. The summed E-state index contributed by atoms with van der Waals surface area (Å²) in [5, 5.41) is 13.6. The van der Waals surface area contributed by atoms with Gasteiger partial charge in [-0.2, -0.15) is 0 Å². The van der Waals surface area contributed by atoms with Crippen LogP contribution >= 0.6 is 0 Å². The van der Waals surface area contributed by atoms with Crippen molar-refractivity contribution in [3.63, 3.8) is 0 Å². The topological polar surface area (TPSA) is 83.9 Å².